The standard InChI is InChI=1S/C29H27N3O4/c1-19-17-25(33)32(2)18-24(19)20-13-15-23(16-14-20)30-28(34)27(31-29(35)36)26(21-9-5-3-6-10-21)22-11-7-4-8-12-22/h3-18,26-27,31H,1-2H3,(H,30,34)(H,35,36)/t27-/m0/s1. The predicted octanol–water partition coefficient (Wildman–Crippen LogP) is 4.77. The Morgan fingerprint density at radius 3 is 1.94 bits per heavy atom. The number of aryl methyl sites for hydroxylation is 2. The van der Waals surface area contributed by atoms with Gasteiger partial charge in [-0.1, -0.05) is 72.8 Å². The zero-order chi connectivity index (χ0) is 25.7. The van der Waals surface area contributed by atoms with E-state index in [-0.39, 0.29) is 5.56 Å². The number of benzene rings is 3. The topological polar surface area (TPSA) is 100 Å². The summed E-state index contributed by atoms with van der Waals surface area (Å²) in [5.74, 6) is -1.00. The summed E-state index contributed by atoms with van der Waals surface area (Å²) in [6.07, 6.45) is 0.495. The van der Waals surface area contributed by atoms with E-state index in [2.05, 4.69) is 10.6 Å². The van der Waals surface area contributed by atoms with Gasteiger partial charge in [-0.25, -0.2) is 4.79 Å². The van der Waals surface area contributed by atoms with E-state index in [0.29, 0.717) is 5.69 Å². The number of carbonyl (C=O) groups excluding carboxylic acids is 1. The Morgan fingerprint density at radius 1 is 0.861 bits per heavy atom. The molecule has 0 saturated carbocycles. The van der Waals surface area contributed by atoms with Gasteiger partial charge in [0.25, 0.3) is 5.56 Å². The van der Waals surface area contributed by atoms with Gasteiger partial charge in [-0.2, -0.15) is 0 Å². The number of anilines is 1. The zero-order valence-electron chi connectivity index (χ0n) is 20.0. The highest BCUT2D eigenvalue weighted by atomic mass is 16.4. The number of rotatable bonds is 7. The Bertz CT molecular complexity index is 1380. The van der Waals surface area contributed by atoms with Crippen LogP contribution in [0.3, 0.4) is 0 Å². The molecule has 0 unspecified atom stereocenters. The van der Waals surface area contributed by atoms with Crippen LogP contribution in [-0.2, 0) is 11.8 Å². The second-order valence-electron chi connectivity index (χ2n) is 8.61. The largest absolute Gasteiger partial charge is 0.465 e. The molecule has 0 aliphatic carbocycles. The summed E-state index contributed by atoms with van der Waals surface area (Å²) in [6.45, 7) is 1.88. The highest BCUT2D eigenvalue weighted by Gasteiger charge is 2.32. The molecule has 0 aliphatic rings. The molecule has 36 heavy (non-hydrogen) atoms. The minimum absolute atomic E-state index is 0.0801. The van der Waals surface area contributed by atoms with E-state index in [4.69, 9.17) is 0 Å². The Balaban J connectivity index is 1.64. The monoisotopic (exact) mass is 481 g/mol. The molecule has 0 saturated heterocycles. The molecule has 0 fully saturated rings. The molecular formula is C29H27N3O4. The van der Waals surface area contributed by atoms with E-state index in [1.165, 1.54) is 4.57 Å². The Hall–Kier alpha value is -4.65. The van der Waals surface area contributed by atoms with Crippen molar-refractivity contribution in [2.75, 3.05) is 5.32 Å². The summed E-state index contributed by atoms with van der Waals surface area (Å²) < 4.78 is 1.52. The smallest absolute Gasteiger partial charge is 0.405 e. The van der Waals surface area contributed by atoms with Gasteiger partial charge in [0.15, 0.2) is 0 Å². The van der Waals surface area contributed by atoms with Crippen LogP contribution in [0.4, 0.5) is 10.5 Å². The zero-order valence-corrected chi connectivity index (χ0v) is 20.0. The quantitative estimate of drug-likeness (QED) is 0.354. The second-order valence-corrected chi connectivity index (χ2v) is 8.61. The summed E-state index contributed by atoms with van der Waals surface area (Å²) in [7, 11) is 1.70. The minimum Gasteiger partial charge on any atom is -0.465 e. The molecule has 1 aromatic heterocycles. The van der Waals surface area contributed by atoms with Crippen molar-refractivity contribution in [3.63, 3.8) is 0 Å². The molecular weight excluding hydrogens is 454 g/mol. The number of carboxylic acid groups (broad SMARTS) is 1. The molecule has 0 radical (unpaired) electrons. The molecule has 7 heteroatoms. The lowest BCUT2D eigenvalue weighted by Crippen LogP contribution is -2.47. The first kappa shape index (κ1) is 24.5. The van der Waals surface area contributed by atoms with E-state index in [0.717, 1.165) is 27.8 Å². The van der Waals surface area contributed by atoms with E-state index in [1.54, 1.807) is 31.4 Å². The van der Waals surface area contributed by atoms with Crippen LogP contribution in [-0.4, -0.2) is 27.7 Å². The lowest BCUT2D eigenvalue weighted by Gasteiger charge is -2.27. The minimum atomic E-state index is -1.28. The van der Waals surface area contributed by atoms with E-state index >= 15 is 0 Å². The first-order valence-electron chi connectivity index (χ1n) is 11.5. The van der Waals surface area contributed by atoms with Gasteiger partial charge in [0.2, 0.25) is 5.91 Å². The molecule has 182 valence electrons. The van der Waals surface area contributed by atoms with Crippen molar-refractivity contribution in [1.29, 1.82) is 0 Å². The maximum atomic E-state index is 13.5. The fraction of sp³-hybridized carbons (Fsp3) is 0.138. The third-order valence-electron chi connectivity index (χ3n) is 6.11. The molecule has 7 nitrogen and oxygen atoms in total. The first-order chi connectivity index (χ1) is 17.3. The summed E-state index contributed by atoms with van der Waals surface area (Å²) in [6, 6.07) is 26.5. The maximum Gasteiger partial charge on any atom is 0.405 e. The third-order valence-corrected chi connectivity index (χ3v) is 6.11. The molecule has 0 bridgehead atoms. The van der Waals surface area contributed by atoms with Crippen LogP contribution >= 0.6 is 0 Å². The van der Waals surface area contributed by atoms with Crippen LogP contribution in [0.15, 0.2) is 102 Å². The predicted molar refractivity (Wildman–Crippen MR) is 140 cm³/mol. The highest BCUT2D eigenvalue weighted by molar-refractivity contribution is 5.97. The van der Waals surface area contributed by atoms with Crippen molar-refractivity contribution < 1.29 is 14.7 Å². The summed E-state index contributed by atoms with van der Waals surface area (Å²) in [5, 5.41) is 14.8. The van der Waals surface area contributed by atoms with Crippen LogP contribution in [0.5, 0.6) is 0 Å². The number of pyridine rings is 1. The molecule has 0 spiro atoms. The van der Waals surface area contributed by atoms with Crippen LogP contribution in [0.25, 0.3) is 11.1 Å². The number of amides is 2. The van der Waals surface area contributed by atoms with Gasteiger partial charge < -0.3 is 20.3 Å². The van der Waals surface area contributed by atoms with Crippen molar-refractivity contribution in [2.45, 2.75) is 18.9 Å². The first-order valence-corrected chi connectivity index (χ1v) is 11.5. The summed E-state index contributed by atoms with van der Waals surface area (Å²) >= 11 is 0. The van der Waals surface area contributed by atoms with Crippen LogP contribution < -0.4 is 16.2 Å². The Kier molecular flexibility index (Phi) is 7.30. The van der Waals surface area contributed by atoms with E-state index < -0.39 is 24.0 Å². The molecule has 2 amide bonds. The number of hydrogen-bond donors (Lipinski definition) is 3. The summed E-state index contributed by atoms with van der Waals surface area (Å²) in [5.41, 5.74) is 4.75. The van der Waals surface area contributed by atoms with Gasteiger partial charge in [-0.15, -0.1) is 0 Å². The third kappa shape index (κ3) is 5.52. The van der Waals surface area contributed by atoms with Crippen molar-refractivity contribution in [2.24, 2.45) is 7.05 Å². The van der Waals surface area contributed by atoms with Gasteiger partial charge in [-0.3, -0.25) is 9.59 Å². The highest BCUT2D eigenvalue weighted by Crippen LogP contribution is 2.29. The molecule has 1 atom stereocenters. The number of nitrogens with one attached hydrogen (secondary N) is 2. The Labute approximate surface area is 209 Å². The van der Waals surface area contributed by atoms with Crippen LogP contribution in [0, 0.1) is 6.92 Å². The van der Waals surface area contributed by atoms with Gasteiger partial charge >= 0.3 is 6.09 Å². The molecule has 3 N–H and O–H groups in total. The number of aromatic nitrogens is 1. The van der Waals surface area contributed by atoms with Crippen molar-refractivity contribution in [3.05, 3.63) is 124 Å². The molecule has 4 aromatic rings. The fourth-order valence-electron chi connectivity index (χ4n) is 4.31. The molecule has 3 aromatic carbocycles. The molecule has 0 aliphatic heterocycles. The van der Waals surface area contributed by atoms with Crippen molar-refractivity contribution >= 4 is 17.7 Å². The van der Waals surface area contributed by atoms with Gasteiger partial charge in [0, 0.05) is 36.5 Å². The normalized spacial score (nSPS) is 11.6. The number of nitrogens with zero attached hydrogens (tertiary/aromatic N) is 1. The van der Waals surface area contributed by atoms with E-state index in [1.807, 2.05) is 79.7 Å². The molecule has 1 heterocycles. The van der Waals surface area contributed by atoms with Gasteiger partial charge in [0.05, 0.1) is 0 Å². The average Bonchev–Trinajstić information content (AvgIpc) is 2.87. The Morgan fingerprint density at radius 2 is 1.42 bits per heavy atom. The lowest BCUT2D eigenvalue weighted by molar-refractivity contribution is -0.118. The second kappa shape index (κ2) is 10.7. The summed E-state index contributed by atoms with van der Waals surface area (Å²) in [4.78, 5) is 37.0. The fourth-order valence-corrected chi connectivity index (χ4v) is 4.31. The van der Waals surface area contributed by atoms with E-state index in [9.17, 15) is 19.5 Å². The molecule has 4 rings (SSSR count). The SMILES string of the molecule is Cc1cc(=O)n(C)cc1-c1ccc(NC(=O)[C@@H](NC(=O)O)C(c2ccccc2)c2ccccc2)cc1. The van der Waals surface area contributed by atoms with Gasteiger partial charge in [0.1, 0.15) is 6.04 Å². The maximum absolute atomic E-state index is 13.5. The number of hydrogen-bond acceptors (Lipinski definition) is 3. The van der Waals surface area contributed by atoms with Crippen molar-refractivity contribution in [1.82, 2.24) is 9.88 Å². The van der Waals surface area contributed by atoms with Crippen molar-refractivity contribution in [3.8, 4) is 11.1 Å². The van der Waals surface area contributed by atoms with Crippen LogP contribution in [0.2, 0.25) is 0 Å². The van der Waals surface area contributed by atoms with Crippen LogP contribution in [0.1, 0.15) is 22.6 Å². The van der Waals surface area contributed by atoms with Gasteiger partial charge in [-0.05, 0) is 41.3 Å². The average molecular weight is 482 g/mol. The number of carbonyl (C=O) groups is 2. The lowest BCUT2D eigenvalue weighted by atomic mass is 9.84.